The number of hydrogen-bond acceptors (Lipinski definition) is 10. The van der Waals surface area contributed by atoms with Crippen LogP contribution in [0.2, 0.25) is 25.7 Å². The van der Waals surface area contributed by atoms with Crippen molar-refractivity contribution in [3.05, 3.63) is 35.5 Å². The number of carboxylic acids is 1. The second kappa shape index (κ2) is 19.8. The van der Waals surface area contributed by atoms with Crippen LogP contribution in [-0.2, 0) is 38.0 Å². The number of aliphatic hydroxyl groups excluding tert-OH is 1. The van der Waals surface area contributed by atoms with Gasteiger partial charge in [-0.05, 0) is 68.4 Å². The van der Waals surface area contributed by atoms with Gasteiger partial charge in [-0.1, -0.05) is 78.1 Å². The van der Waals surface area contributed by atoms with E-state index in [0.717, 1.165) is 24.5 Å². The highest BCUT2D eigenvalue weighted by atomic mass is 28.3. The standard InChI is InChI=1S/C41H70O11Si/c1-26(2)35-29(5)17-18-40(52-35)24-31(42)23-32(51-40)16-15-28(4)21-27(3)13-12-14-33(39(45)48-8)41(46)34(38(43)44)22-30(6)36(47-7)37(41)50-25-49-19-20-53(9,10)11/h12-15,26-27,29-32,34-37,42,46H,16-25H2,1-11H3,(H,43,44)/b13-12+,28-15+,33-14+/t27-,29-,30?,31-,32+,34?,35+,36?,37?,40+,41?/m0/s1. The molecule has 0 amide bonds. The zero-order valence-corrected chi connectivity index (χ0v) is 35.3. The van der Waals surface area contributed by atoms with Crippen molar-refractivity contribution in [3.8, 4) is 0 Å². The molecule has 53 heavy (non-hydrogen) atoms. The van der Waals surface area contributed by atoms with Crippen molar-refractivity contribution in [3.63, 3.8) is 0 Å². The fourth-order valence-electron chi connectivity index (χ4n) is 8.36. The molecule has 3 N–H and O–H groups in total. The fraction of sp³-hybridized carbons (Fsp3) is 0.805. The van der Waals surface area contributed by atoms with E-state index in [-0.39, 0.29) is 42.8 Å². The summed E-state index contributed by atoms with van der Waals surface area (Å²) in [5.74, 6) is -3.64. The van der Waals surface area contributed by atoms with Gasteiger partial charge in [-0.15, -0.1) is 0 Å². The molecule has 0 aromatic rings. The molecule has 0 radical (unpaired) electrons. The highest BCUT2D eigenvalue weighted by Gasteiger charge is 2.60. The molecular formula is C41H70O11Si. The molecule has 3 aliphatic rings. The summed E-state index contributed by atoms with van der Waals surface area (Å²) in [7, 11) is 1.31. The van der Waals surface area contributed by atoms with Crippen molar-refractivity contribution in [2.45, 2.75) is 154 Å². The van der Waals surface area contributed by atoms with E-state index in [1.54, 1.807) is 6.08 Å². The van der Waals surface area contributed by atoms with Crippen molar-refractivity contribution in [1.82, 2.24) is 0 Å². The number of ether oxygens (including phenoxy) is 6. The molecule has 5 unspecified atom stereocenters. The van der Waals surface area contributed by atoms with Crippen LogP contribution in [0, 0.1) is 29.6 Å². The SMILES string of the molecule is COC(=O)/C(=C\C=C\[C@H](C)C/C(C)=C/C[C@@H]1C[C@H](O)C[C@]2(CC[C@H](C)[C@@H](C(C)C)O2)O1)C1(O)C(C(=O)O)CC(C)C(OC)C1OCOCC[Si](C)(C)C. The summed E-state index contributed by atoms with van der Waals surface area (Å²) in [5, 5.41) is 33.6. The molecule has 3 fully saturated rings. The van der Waals surface area contributed by atoms with E-state index in [9.17, 15) is 24.9 Å². The van der Waals surface area contributed by atoms with Gasteiger partial charge in [-0.25, -0.2) is 4.79 Å². The second-order valence-corrected chi connectivity index (χ2v) is 23.2. The van der Waals surface area contributed by atoms with Crippen LogP contribution in [0.5, 0.6) is 0 Å². The summed E-state index contributed by atoms with van der Waals surface area (Å²) in [6.45, 7) is 19.5. The average molecular weight is 767 g/mol. The third-order valence-corrected chi connectivity index (χ3v) is 13.0. The Morgan fingerprint density at radius 1 is 1.06 bits per heavy atom. The highest BCUT2D eigenvalue weighted by molar-refractivity contribution is 6.76. The molecule has 2 saturated heterocycles. The van der Waals surface area contributed by atoms with E-state index in [4.69, 9.17) is 28.4 Å². The molecule has 12 heteroatoms. The number of allylic oxidation sites excluding steroid dienone is 4. The number of hydrogen-bond donors (Lipinski definition) is 3. The Morgan fingerprint density at radius 2 is 1.75 bits per heavy atom. The highest BCUT2D eigenvalue weighted by Crippen LogP contribution is 2.46. The molecule has 2 heterocycles. The number of aliphatic carboxylic acids is 1. The molecule has 2 aliphatic heterocycles. The van der Waals surface area contributed by atoms with Crippen LogP contribution >= 0.6 is 0 Å². The predicted molar refractivity (Wildman–Crippen MR) is 207 cm³/mol. The van der Waals surface area contributed by atoms with Crippen LogP contribution in [0.15, 0.2) is 35.5 Å². The molecule has 0 aromatic carbocycles. The first kappa shape index (κ1) is 45.5. The normalized spacial score (nSPS) is 35.2. The maximum absolute atomic E-state index is 13.3. The van der Waals surface area contributed by atoms with Gasteiger partial charge in [-0.3, -0.25) is 4.79 Å². The number of esters is 1. The Balaban J connectivity index is 1.77. The monoisotopic (exact) mass is 766 g/mol. The minimum Gasteiger partial charge on any atom is -0.481 e. The maximum Gasteiger partial charge on any atom is 0.336 e. The van der Waals surface area contributed by atoms with Gasteiger partial charge in [0.25, 0.3) is 0 Å². The topological polar surface area (TPSA) is 150 Å². The van der Waals surface area contributed by atoms with E-state index in [1.807, 2.05) is 19.9 Å². The van der Waals surface area contributed by atoms with Crippen LogP contribution in [-0.4, -0.2) is 105 Å². The van der Waals surface area contributed by atoms with Crippen molar-refractivity contribution in [1.29, 1.82) is 0 Å². The summed E-state index contributed by atoms with van der Waals surface area (Å²) < 4.78 is 35.9. The minimum atomic E-state index is -2.27. The van der Waals surface area contributed by atoms with Crippen LogP contribution < -0.4 is 0 Å². The van der Waals surface area contributed by atoms with E-state index in [2.05, 4.69) is 53.4 Å². The Morgan fingerprint density at radius 3 is 2.36 bits per heavy atom. The molecular weight excluding hydrogens is 697 g/mol. The van der Waals surface area contributed by atoms with Gasteiger partial charge in [0, 0.05) is 41.1 Å². The lowest BCUT2D eigenvalue weighted by atomic mass is 9.64. The van der Waals surface area contributed by atoms with Crippen molar-refractivity contribution in [2.24, 2.45) is 29.6 Å². The van der Waals surface area contributed by atoms with E-state index < -0.39 is 55.6 Å². The summed E-state index contributed by atoms with van der Waals surface area (Å²) in [6, 6.07) is 0.906. The Bertz CT molecular complexity index is 1290. The van der Waals surface area contributed by atoms with Gasteiger partial charge in [0.1, 0.15) is 18.5 Å². The van der Waals surface area contributed by atoms with Crippen LogP contribution in [0.4, 0.5) is 0 Å². The molecule has 11 atom stereocenters. The maximum atomic E-state index is 13.3. The predicted octanol–water partition coefficient (Wildman–Crippen LogP) is 6.90. The Hall–Kier alpha value is -1.90. The minimum absolute atomic E-state index is 0.0374. The second-order valence-electron chi connectivity index (χ2n) is 17.6. The number of methoxy groups -OCH3 is 2. The summed E-state index contributed by atoms with van der Waals surface area (Å²) >= 11 is 0. The molecule has 1 saturated carbocycles. The lowest BCUT2D eigenvalue weighted by molar-refractivity contribution is -0.339. The smallest absolute Gasteiger partial charge is 0.336 e. The van der Waals surface area contributed by atoms with Crippen molar-refractivity contribution < 1.29 is 53.3 Å². The largest absolute Gasteiger partial charge is 0.481 e. The van der Waals surface area contributed by atoms with Crippen molar-refractivity contribution >= 4 is 20.0 Å². The van der Waals surface area contributed by atoms with Gasteiger partial charge in [0.2, 0.25) is 0 Å². The van der Waals surface area contributed by atoms with Gasteiger partial charge in [0.05, 0.1) is 43.0 Å². The summed E-state index contributed by atoms with van der Waals surface area (Å²) in [5.41, 5.74) is -1.34. The molecule has 0 bridgehead atoms. The Kier molecular flexibility index (Phi) is 17.0. The Labute approximate surface area is 319 Å². The first-order valence-electron chi connectivity index (χ1n) is 19.6. The molecule has 3 rings (SSSR count). The van der Waals surface area contributed by atoms with Crippen LogP contribution in [0.25, 0.3) is 0 Å². The number of aliphatic hydroxyl groups is 2. The fourth-order valence-corrected chi connectivity index (χ4v) is 9.12. The van der Waals surface area contributed by atoms with Crippen LogP contribution in [0.1, 0.15) is 86.5 Å². The number of carbonyl (C=O) groups is 2. The van der Waals surface area contributed by atoms with E-state index in [1.165, 1.54) is 20.3 Å². The quantitative estimate of drug-likeness (QED) is 0.0270. The molecule has 11 nitrogen and oxygen atoms in total. The molecule has 1 spiro atoms. The number of carbonyl (C=O) groups excluding carboxylic acids is 1. The van der Waals surface area contributed by atoms with E-state index >= 15 is 0 Å². The number of rotatable bonds is 17. The van der Waals surface area contributed by atoms with Crippen LogP contribution in [0.3, 0.4) is 0 Å². The van der Waals surface area contributed by atoms with Crippen molar-refractivity contribution in [2.75, 3.05) is 27.6 Å². The first-order valence-corrected chi connectivity index (χ1v) is 23.3. The lowest BCUT2D eigenvalue weighted by Crippen LogP contribution is -2.65. The zero-order valence-electron chi connectivity index (χ0n) is 34.3. The first-order chi connectivity index (χ1) is 24.8. The van der Waals surface area contributed by atoms with Gasteiger partial charge in [0.15, 0.2) is 5.79 Å². The summed E-state index contributed by atoms with van der Waals surface area (Å²) in [4.78, 5) is 26.0. The third kappa shape index (κ3) is 12.3. The molecule has 1 aliphatic carbocycles. The summed E-state index contributed by atoms with van der Waals surface area (Å²) in [6.07, 6.45) is 9.00. The number of carboxylic acid groups (broad SMARTS) is 1. The average Bonchev–Trinajstić information content (AvgIpc) is 3.06. The molecule has 0 aromatic heterocycles. The molecule has 304 valence electrons. The van der Waals surface area contributed by atoms with Gasteiger partial charge in [-0.2, -0.15) is 0 Å². The zero-order chi connectivity index (χ0) is 39.7. The van der Waals surface area contributed by atoms with Gasteiger partial charge >= 0.3 is 11.9 Å². The van der Waals surface area contributed by atoms with E-state index in [0.29, 0.717) is 44.1 Å². The lowest BCUT2D eigenvalue weighted by Gasteiger charge is -2.50. The van der Waals surface area contributed by atoms with Gasteiger partial charge < -0.3 is 43.7 Å². The third-order valence-electron chi connectivity index (χ3n) is 11.3.